The van der Waals surface area contributed by atoms with Crippen molar-refractivity contribution in [3.63, 3.8) is 0 Å². The predicted octanol–water partition coefficient (Wildman–Crippen LogP) is 3.01. The maximum atomic E-state index is 11.2. The number of hydrogen-bond donors (Lipinski definition) is 1. The smallest absolute Gasteiger partial charge is 0.336 e. The van der Waals surface area contributed by atoms with Crippen molar-refractivity contribution < 1.29 is 14.6 Å². The van der Waals surface area contributed by atoms with Crippen molar-refractivity contribution in [3.05, 3.63) is 53.1 Å². The molecule has 1 unspecified atom stereocenters. The number of carbonyl (C=O) groups is 1. The summed E-state index contributed by atoms with van der Waals surface area (Å²) in [4.78, 5) is 11.2. The van der Waals surface area contributed by atoms with E-state index in [1.807, 2.05) is 0 Å². The molecule has 0 aliphatic heterocycles. The lowest BCUT2D eigenvalue weighted by molar-refractivity contribution is -0.136. The van der Waals surface area contributed by atoms with E-state index in [4.69, 9.17) is 23.2 Å². The number of aliphatic hydroxyl groups excluding tert-OH is 1. The van der Waals surface area contributed by atoms with Crippen LogP contribution >= 0.6 is 23.2 Å². The number of halogens is 2. The SMILES string of the molecule is C=C(C(=O)OC)C(O)/C=C(\Cl)c1cccc(Cl)c1. The van der Waals surface area contributed by atoms with Crippen molar-refractivity contribution in [3.8, 4) is 0 Å². The Labute approximate surface area is 115 Å². The summed E-state index contributed by atoms with van der Waals surface area (Å²) in [5, 5.41) is 10.5. The molecule has 0 amide bonds. The van der Waals surface area contributed by atoms with Crippen LogP contribution in [0.15, 0.2) is 42.5 Å². The molecule has 0 heterocycles. The van der Waals surface area contributed by atoms with Crippen LogP contribution in [0.25, 0.3) is 5.03 Å². The van der Waals surface area contributed by atoms with Gasteiger partial charge in [-0.15, -0.1) is 0 Å². The summed E-state index contributed by atoms with van der Waals surface area (Å²) in [7, 11) is 1.21. The number of ether oxygens (including phenoxy) is 1. The van der Waals surface area contributed by atoms with Crippen molar-refractivity contribution in [2.45, 2.75) is 6.10 Å². The average Bonchev–Trinajstić information content (AvgIpc) is 2.36. The predicted molar refractivity (Wildman–Crippen MR) is 72.4 cm³/mol. The largest absolute Gasteiger partial charge is 0.466 e. The van der Waals surface area contributed by atoms with E-state index < -0.39 is 12.1 Å². The van der Waals surface area contributed by atoms with E-state index >= 15 is 0 Å². The highest BCUT2D eigenvalue weighted by molar-refractivity contribution is 6.49. The number of carbonyl (C=O) groups excluding carboxylic acids is 1. The van der Waals surface area contributed by atoms with Crippen molar-refractivity contribution in [2.75, 3.05) is 7.11 Å². The second kappa shape index (κ2) is 6.59. The van der Waals surface area contributed by atoms with Crippen LogP contribution in [-0.2, 0) is 9.53 Å². The molecule has 1 rings (SSSR count). The molecule has 0 aliphatic rings. The highest BCUT2D eigenvalue weighted by Gasteiger charge is 2.15. The van der Waals surface area contributed by atoms with Gasteiger partial charge in [0.2, 0.25) is 0 Å². The average molecular weight is 287 g/mol. The molecule has 1 aromatic rings. The Morgan fingerprint density at radius 1 is 1.56 bits per heavy atom. The molecule has 96 valence electrons. The molecule has 0 saturated carbocycles. The van der Waals surface area contributed by atoms with Gasteiger partial charge < -0.3 is 9.84 Å². The van der Waals surface area contributed by atoms with Crippen LogP contribution in [0.5, 0.6) is 0 Å². The van der Waals surface area contributed by atoms with E-state index in [0.29, 0.717) is 10.6 Å². The second-order valence-electron chi connectivity index (χ2n) is 3.49. The lowest BCUT2D eigenvalue weighted by Gasteiger charge is -2.08. The van der Waals surface area contributed by atoms with Crippen LogP contribution in [0.4, 0.5) is 0 Å². The van der Waals surface area contributed by atoms with E-state index in [2.05, 4.69) is 11.3 Å². The Kier molecular flexibility index (Phi) is 5.41. The second-order valence-corrected chi connectivity index (χ2v) is 4.33. The summed E-state index contributed by atoms with van der Waals surface area (Å²) in [6.45, 7) is 3.44. The number of rotatable bonds is 4. The van der Waals surface area contributed by atoms with Gasteiger partial charge in [-0.25, -0.2) is 4.79 Å². The summed E-state index contributed by atoms with van der Waals surface area (Å²) in [6.07, 6.45) is 0.0934. The van der Waals surface area contributed by atoms with Crippen molar-refractivity contribution in [1.29, 1.82) is 0 Å². The third-order valence-electron chi connectivity index (χ3n) is 2.21. The van der Waals surface area contributed by atoms with E-state index in [0.717, 1.165) is 0 Å². The van der Waals surface area contributed by atoms with Crippen molar-refractivity contribution in [1.82, 2.24) is 0 Å². The van der Waals surface area contributed by atoms with Crippen molar-refractivity contribution >= 4 is 34.2 Å². The Morgan fingerprint density at radius 2 is 2.22 bits per heavy atom. The number of benzene rings is 1. The first-order valence-electron chi connectivity index (χ1n) is 5.04. The molecule has 0 spiro atoms. The molecule has 1 aromatic carbocycles. The van der Waals surface area contributed by atoms with Crippen LogP contribution in [0.2, 0.25) is 5.02 Å². The third kappa shape index (κ3) is 3.88. The van der Waals surface area contributed by atoms with E-state index in [1.54, 1.807) is 24.3 Å². The highest BCUT2D eigenvalue weighted by Crippen LogP contribution is 2.23. The Balaban J connectivity index is 2.89. The fourth-order valence-electron chi connectivity index (χ4n) is 1.22. The van der Waals surface area contributed by atoms with Crippen LogP contribution in [0, 0.1) is 0 Å². The molecule has 0 saturated heterocycles. The Bertz CT molecular complexity index is 495. The van der Waals surface area contributed by atoms with Crippen LogP contribution in [-0.4, -0.2) is 24.3 Å². The van der Waals surface area contributed by atoms with Gasteiger partial charge in [-0.2, -0.15) is 0 Å². The molecular formula is C13H12Cl2O3. The van der Waals surface area contributed by atoms with Gasteiger partial charge in [0.05, 0.1) is 12.7 Å². The minimum absolute atomic E-state index is 0.0855. The molecular weight excluding hydrogens is 275 g/mol. The zero-order valence-corrected chi connectivity index (χ0v) is 11.2. The van der Waals surface area contributed by atoms with Crippen molar-refractivity contribution in [2.24, 2.45) is 0 Å². The number of esters is 1. The molecule has 0 aromatic heterocycles. The van der Waals surface area contributed by atoms with Gasteiger partial charge in [0.25, 0.3) is 0 Å². The molecule has 1 N–H and O–H groups in total. The first-order chi connectivity index (χ1) is 8.45. The summed E-state index contributed by atoms with van der Waals surface area (Å²) in [5.74, 6) is -0.686. The minimum Gasteiger partial charge on any atom is -0.466 e. The normalized spacial score (nSPS) is 13.0. The zero-order chi connectivity index (χ0) is 13.7. The molecule has 0 aliphatic carbocycles. The maximum absolute atomic E-state index is 11.2. The summed E-state index contributed by atoms with van der Waals surface area (Å²) >= 11 is 11.8. The van der Waals surface area contributed by atoms with Crippen LogP contribution in [0.3, 0.4) is 0 Å². The molecule has 0 fully saturated rings. The van der Waals surface area contributed by atoms with Gasteiger partial charge in [0.1, 0.15) is 6.10 Å². The van der Waals surface area contributed by atoms with Crippen LogP contribution < -0.4 is 0 Å². The first kappa shape index (κ1) is 14.8. The van der Waals surface area contributed by atoms with Gasteiger partial charge in [0, 0.05) is 10.1 Å². The topological polar surface area (TPSA) is 46.5 Å². The molecule has 0 bridgehead atoms. The van der Waals surface area contributed by atoms with E-state index in [1.165, 1.54) is 13.2 Å². The highest BCUT2D eigenvalue weighted by atomic mass is 35.5. The number of methoxy groups -OCH3 is 1. The Morgan fingerprint density at radius 3 is 2.78 bits per heavy atom. The van der Waals surface area contributed by atoms with Gasteiger partial charge in [-0.1, -0.05) is 41.9 Å². The lowest BCUT2D eigenvalue weighted by Crippen LogP contribution is -2.16. The maximum Gasteiger partial charge on any atom is 0.336 e. The summed E-state index contributed by atoms with van der Waals surface area (Å²) < 4.78 is 4.45. The Hall–Kier alpha value is -1.29. The van der Waals surface area contributed by atoms with Gasteiger partial charge in [-0.05, 0) is 23.8 Å². The quantitative estimate of drug-likeness (QED) is 0.684. The fourth-order valence-corrected chi connectivity index (χ4v) is 1.65. The van der Waals surface area contributed by atoms with E-state index in [-0.39, 0.29) is 10.6 Å². The number of aliphatic hydroxyl groups is 1. The number of hydrogen-bond acceptors (Lipinski definition) is 3. The first-order valence-corrected chi connectivity index (χ1v) is 5.79. The van der Waals surface area contributed by atoms with Gasteiger partial charge in [-0.3, -0.25) is 0 Å². The molecule has 18 heavy (non-hydrogen) atoms. The lowest BCUT2D eigenvalue weighted by atomic mass is 10.1. The minimum atomic E-state index is -1.20. The third-order valence-corrected chi connectivity index (χ3v) is 2.79. The van der Waals surface area contributed by atoms with Crippen LogP contribution in [0.1, 0.15) is 5.56 Å². The monoisotopic (exact) mass is 286 g/mol. The van der Waals surface area contributed by atoms with Gasteiger partial charge >= 0.3 is 5.97 Å². The molecule has 5 heteroatoms. The standard InChI is InChI=1S/C13H12Cl2O3/c1-8(13(17)18-2)12(16)7-11(15)9-4-3-5-10(14)6-9/h3-7,12,16H,1H2,2H3/b11-7-. The summed E-state index contributed by atoms with van der Waals surface area (Å²) in [5.41, 5.74) is 0.554. The zero-order valence-electron chi connectivity index (χ0n) is 9.69. The van der Waals surface area contributed by atoms with E-state index in [9.17, 15) is 9.90 Å². The fraction of sp³-hybridized carbons (Fsp3) is 0.154. The summed E-state index contributed by atoms with van der Waals surface area (Å²) in [6, 6.07) is 6.82. The molecule has 1 atom stereocenters. The molecule has 3 nitrogen and oxygen atoms in total. The molecule has 0 radical (unpaired) electrons. The van der Waals surface area contributed by atoms with Gasteiger partial charge in [0.15, 0.2) is 0 Å².